The van der Waals surface area contributed by atoms with Gasteiger partial charge in [-0.3, -0.25) is 9.59 Å². The molecular formula is C17H13NO3. The molecule has 0 saturated heterocycles. The zero-order valence-electron chi connectivity index (χ0n) is 11.2. The second-order valence-corrected chi connectivity index (χ2v) is 4.82. The lowest BCUT2D eigenvalue weighted by Gasteiger charge is -2.08. The monoisotopic (exact) mass is 279 g/mol. The molecule has 0 saturated carbocycles. The van der Waals surface area contributed by atoms with Gasteiger partial charge in [-0.15, -0.1) is 0 Å². The Morgan fingerprint density at radius 3 is 2.67 bits per heavy atom. The summed E-state index contributed by atoms with van der Waals surface area (Å²) in [6.07, 6.45) is 1.36. The van der Waals surface area contributed by atoms with Gasteiger partial charge >= 0.3 is 5.97 Å². The van der Waals surface area contributed by atoms with Gasteiger partial charge in [0.25, 0.3) is 0 Å². The molecule has 0 atom stereocenters. The number of ketones is 1. The summed E-state index contributed by atoms with van der Waals surface area (Å²) in [5, 5.41) is 9.84. The minimum absolute atomic E-state index is 0.382. The van der Waals surface area contributed by atoms with Crippen molar-refractivity contribution in [3.8, 4) is 11.1 Å². The lowest BCUT2D eigenvalue weighted by atomic mass is 9.95. The molecule has 0 aliphatic carbocycles. The van der Waals surface area contributed by atoms with E-state index in [4.69, 9.17) is 5.11 Å². The third-order valence-corrected chi connectivity index (χ3v) is 3.40. The number of benzene rings is 2. The maximum atomic E-state index is 12.1. The van der Waals surface area contributed by atoms with Crippen LogP contribution < -0.4 is 0 Å². The van der Waals surface area contributed by atoms with E-state index >= 15 is 0 Å². The fourth-order valence-corrected chi connectivity index (χ4v) is 2.43. The van der Waals surface area contributed by atoms with Crippen LogP contribution in [0.15, 0.2) is 54.7 Å². The zero-order valence-corrected chi connectivity index (χ0v) is 11.2. The molecule has 104 valence electrons. The van der Waals surface area contributed by atoms with Crippen LogP contribution in [-0.4, -0.2) is 21.8 Å². The summed E-state index contributed by atoms with van der Waals surface area (Å²) in [5.74, 6) is -1.50. The van der Waals surface area contributed by atoms with Crippen LogP contribution in [0.1, 0.15) is 16.8 Å². The van der Waals surface area contributed by atoms with Crippen molar-refractivity contribution in [2.24, 2.45) is 0 Å². The molecule has 1 heterocycles. The minimum Gasteiger partial charge on any atom is -0.481 e. The van der Waals surface area contributed by atoms with E-state index in [-0.39, 0.29) is 5.78 Å². The van der Waals surface area contributed by atoms with Gasteiger partial charge in [0, 0.05) is 17.3 Å². The van der Waals surface area contributed by atoms with E-state index < -0.39 is 12.4 Å². The molecule has 0 fully saturated rings. The maximum Gasteiger partial charge on any atom is 0.311 e. The van der Waals surface area contributed by atoms with E-state index in [1.165, 1.54) is 0 Å². The molecular weight excluding hydrogens is 266 g/mol. The van der Waals surface area contributed by atoms with E-state index in [2.05, 4.69) is 4.98 Å². The summed E-state index contributed by atoms with van der Waals surface area (Å²) in [6.45, 7) is 0. The first kappa shape index (κ1) is 13.1. The second-order valence-electron chi connectivity index (χ2n) is 4.82. The summed E-state index contributed by atoms with van der Waals surface area (Å²) in [5.41, 5.74) is 3.12. The van der Waals surface area contributed by atoms with Crippen molar-refractivity contribution in [2.45, 2.75) is 6.42 Å². The molecule has 1 aromatic heterocycles. The third kappa shape index (κ3) is 2.56. The van der Waals surface area contributed by atoms with Crippen LogP contribution in [0.25, 0.3) is 22.0 Å². The number of fused-ring (bicyclic) bond motifs is 1. The highest BCUT2D eigenvalue weighted by Gasteiger charge is 2.15. The van der Waals surface area contributed by atoms with Gasteiger partial charge in [0.05, 0.1) is 0 Å². The predicted octanol–water partition coefficient (Wildman–Crippen LogP) is 3.49. The number of aromatic amines is 1. The number of H-pyrrole nitrogens is 1. The molecule has 0 aliphatic rings. The molecule has 21 heavy (non-hydrogen) atoms. The molecule has 3 rings (SSSR count). The normalized spacial score (nSPS) is 10.7. The van der Waals surface area contributed by atoms with Gasteiger partial charge in [0.1, 0.15) is 6.42 Å². The van der Waals surface area contributed by atoms with E-state index in [0.717, 1.165) is 22.0 Å². The number of carboxylic acids is 1. The van der Waals surface area contributed by atoms with Crippen LogP contribution in [0.3, 0.4) is 0 Å². The van der Waals surface area contributed by atoms with Crippen molar-refractivity contribution in [2.75, 3.05) is 0 Å². The number of hydrogen-bond acceptors (Lipinski definition) is 2. The third-order valence-electron chi connectivity index (χ3n) is 3.40. The molecule has 0 radical (unpaired) electrons. The van der Waals surface area contributed by atoms with Crippen LogP contribution in [0.4, 0.5) is 0 Å². The van der Waals surface area contributed by atoms with Gasteiger partial charge < -0.3 is 10.1 Å². The van der Waals surface area contributed by atoms with E-state index in [0.29, 0.717) is 5.56 Å². The Labute approximate surface area is 121 Å². The van der Waals surface area contributed by atoms with Gasteiger partial charge in [-0.2, -0.15) is 0 Å². The number of nitrogens with one attached hydrogen (secondary N) is 1. The summed E-state index contributed by atoms with van der Waals surface area (Å²) >= 11 is 0. The van der Waals surface area contributed by atoms with Gasteiger partial charge in [-0.1, -0.05) is 30.3 Å². The molecule has 2 N–H and O–H groups in total. The van der Waals surface area contributed by atoms with Crippen molar-refractivity contribution in [3.63, 3.8) is 0 Å². The van der Waals surface area contributed by atoms with Crippen LogP contribution in [0.2, 0.25) is 0 Å². The first-order valence-electron chi connectivity index (χ1n) is 6.57. The molecule has 4 nitrogen and oxygen atoms in total. The van der Waals surface area contributed by atoms with Crippen molar-refractivity contribution in [1.82, 2.24) is 4.98 Å². The molecule has 3 aromatic rings. The highest BCUT2D eigenvalue weighted by atomic mass is 16.4. The molecule has 0 amide bonds. The number of aromatic nitrogens is 1. The Bertz CT molecular complexity index is 833. The average molecular weight is 279 g/mol. The summed E-state index contributed by atoms with van der Waals surface area (Å²) in [6, 6.07) is 14.9. The van der Waals surface area contributed by atoms with Crippen molar-refractivity contribution in [3.05, 3.63) is 60.3 Å². The zero-order chi connectivity index (χ0) is 14.8. The molecule has 4 heteroatoms. The summed E-state index contributed by atoms with van der Waals surface area (Å²) < 4.78 is 0. The Morgan fingerprint density at radius 2 is 1.86 bits per heavy atom. The molecule has 2 aromatic carbocycles. The number of rotatable bonds is 4. The smallest absolute Gasteiger partial charge is 0.311 e. The molecule has 0 aliphatic heterocycles. The Balaban J connectivity index is 2.09. The topological polar surface area (TPSA) is 70.2 Å². The van der Waals surface area contributed by atoms with Crippen LogP contribution >= 0.6 is 0 Å². The largest absolute Gasteiger partial charge is 0.481 e. The van der Waals surface area contributed by atoms with Crippen molar-refractivity contribution >= 4 is 22.7 Å². The van der Waals surface area contributed by atoms with Gasteiger partial charge in [0.15, 0.2) is 5.78 Å². The average Bonchev–Trinajstić information content (AvgIpc) is 2.94. The number of carboxylic acid groups (broad SMARTS) is 1. The van der Waals surface area contributed by atoms with Crippen LogP contribution in [-0.2, 0) is 4.79 Å². The molecule has 0 spiro atoms. The first-order valence-corrected chi connectivity index (χ1v) is 6.57. The highest BCUT2D eigenvalue weighted by Crippen LogP contribution is 2.27. The number of hydrogen-bond donors (Lipinski definition) is 2. The number of carbonyl (C=O) groups is 2. The quantitative estimate of drug-likeness (QED) is 0.567. The van der Waals surface area contributed by atoms with E-state index in [1.54, 1.807) is 12.1 Å². The minimum atomic E-state index is -1.11. The fraction of sp³-hybridized carbons (Fsp3) is 0.0588. The fourth-order valence-electron chi connectivity index (χ4n) is 2.43. The summed E-state index contributed by atoms with van der Waals surface area (Å²) in [7, 11) is 0. The van der Waals surface area contributed by atoms with Gasteiger partial charge in [-0.05, 0) is 34.7 Å². The molecule has 0 unspecified atom stereocenters. The van der Waals surface area contributed by atoms with Crippen molar-refractivity contribution in [1.29, 1.82) is 0 Å². The maximum absolute atomic E-state index is 12.1. The van der Waals surface area contributed by atoms with Crippen molar-refractivity contribution < 1.29 is 14.7 Å². The van der Waals surface area contributed by atoms with Crippen LogP contribution in [0.5, 0.6) is 0 Å². The SMILES string of the molecule is O=C(O)CC(=O)c1ccccc1-c1ccc2[nH]ccc2c1. The predicted molar refractivity (Wildman–Crippen MR) is 80.3 cm³/mol. The number of Topliss-reactive ketones (excluding diaryl/α,β-unsaturated/α-hetero) is 1. The number of aliphatic carboxylic acids is 1. The van der Waals surface area contributed by atoms with E-state index in [1.807, 2.05) is 42.6 Å². The Morgan fingerprint density at radius 1 is 1.05 bits per heavy atom. The Kier molecular flexibility index (Phi) is 3.28. The van der Waals surface area contributed by atoms with E-state index in [9.17, 15) is 9.59 Å². The Hall–Kier alpha value is -2.88. The summed E-state index contributed by atoms with van der Waals surface area (Å²) in [4.78, 5) is 25.9. The van der Waals surface area contributed by atoms with Gasteiger partial charge in [-0.25, -0.2) is 0 Å². The van der Waals surface area contributed by atoms with Gasteiger partial charge in [0.2, 0.25) is 0 Å². The second kappa shape index (κ2) is 5.25. The number of carbonyl (C=O) groups excluding carboxylic acids is 1. The standard InChI is InChI=1S/C17H13NO3/c19-16(10-17(20)21)14-4-2-1-3-13(14)11-5-6-15-12(9-11)7-8-18-15/h1-9,18H,10H2,(H,20,21). The van der Waals surface area contributed by atoms with Crippen LogP contribution in [0, 0.1) is 0 Å². The highest BCUT2D eigenvalue weighted by molar-refractivity contribution is 6.09. The first-order chi connectivity index (χ1) is 10.1. The molecule has 0 bridgehead atoms. The lowest BCUT2D eigenvalue weighted by Crippen LogP contribution is -2.08. The lowest BCUT2D eigenvalue weighted by molar-refractivity contribution is -0.135.